The van der Waals surface area contributed by atoms with Crippen molar-refractivity contribution in [3.63, 3.8) is 0 Å². The molecule has 9 N–H and O–H groups in total. The second kappa shape index (κ2) is 30.3. The average molecular weight is 1200 g/mol. The van der Waals surface area contributed by atoms with Crippen LogP contribution in [0.25, 0.3) is 10.9 Å². The van der Waals surface area contributed by atoms with Crippen molar-refractivity contribution in [1.29, 1.82) is 0 Å². The molecule has 0 spiro atoms. The number of carbonyl (C=O) groups is 9. The molecule has 1 aliphatic rings. The molecule has 0 bridgehead atoms. The number of nitrogens with two attached hydrogens (primary N) is 1. The monoisotopic (exact) mass is 1200 g/mol. The van der Waals surface area contributed by atoms with E-state index >= 15 is 14.4 Å². The first-order valence-electron chi connectivity index (χ1n) is 28.4. The Morgan fingerprint density at radius 2 is 1.37 bits per heavy atom. The second-order valence-corrected chi connectivity index (χ2v) is 23.0. The van der Waals surface area contributed by atoms with Crippen LogP contribution in [0.15, 0.2) is 73.5 Å². The van der Waals surface area contributed by atoms with Gasteiger partial charge in [-0.05, 0) is 88.5 Å². The molecule has 0 saturated carbocycles. The second-order valence-electron chi connectivity index (χ2n) is 23.0. The normalized spacial score (nSPS) is 21.8. The number of ether oxygens (including phenoxy) is 1. The third-order valence-corrected chi connectivity index (χ3v) is 15.1. The predicted octanol–water partition coefficient (Wildman–Crippen LogP) is 2.17. The van der Waals surface area contributed by atoms with E-state index in [2.05, 4.69) is 42.2 Å². The lowest BCUT2D eigenvalue weighted by Gasteiger charge is -2.34. The Labute approximate surface area is 497 Å². The maximum Gasteiger partial charge on any atom is 0.320 e. The number of benzene rings is 2. The molecule has 0 radical (unpaired) electrons. The number of rotatable bonds is 20. The van der Waals surface area contributed by atoms with E-state index in [4.69, 9.17) is 10.5 Å². The first kappa shape index (κ1) is 68.0. The lowest BCUT2D eigenvalue weighted by Crippen LogP contribution is -2.60. The minimum absolute atomic E-state index is 0.000882. The number of fused-ring (bicyclic) bond motifs is 1. The number of halogens is 1. The van der Waals surface area contributed by atoms with Gasteiger partial charge in [-0.1, -0.05) is 71.0 Å². The van der Waals surface area contributed by atoms with E-state index in [1.165, 1.54) is 51.3 Å². The maximum absolute atomic E-state index is 15.5. The van der Waals surface area contributed by atoms with Crippen molar-refractivity contribution >= 4 is 69.8 Å². The highest BCUT2D eigenvalue weighted by Gasteiger charge is 2.41. The number of nitro groups is 1. The number of allylic oxidation sites excluding steroid dienone is 1. The summed E-state index contributed by atoms with van der Waals surface area (Å²) < 4.78 is 23.2. The first-order valence-corrected chi connectivity index (χ1v) is 28.4. The van der Waals surface area contributed by atoms with Crippen LogP contribution in [0.5, 0.6) is 5.75 Å². The number of nitrogens with one attached hydrogen (secondary N) is 6. The van der Waals surface area contributed by atoms with E-state index in [0.29, 0.717) is 16.5 Å². The summed E-state index contributed by atoms with van der Waals surface area (Å²) in [5, 5.41) is 43.9. The summed E-state index contributed by atoms with van der Waals surface area (Å²) in [7, 11) is 2.59. The van der Waals surface area contributed by atoms with Gasteiger partial charge in [-0.25, -0.2) is 9.07 Å². The first-order chi connectivity index (χ1) is 40.5. The largest absolute Gasteiger partial charge is 0.502 e. The molecule has 468 valence electrons. The van der Waals surface area contributed by atoms with Gasteiger partial charge in [-0.2, -0.15) is 0 Å². The van der Waals surface area contributed by atoms with Gasteiger partial charge in [0.05, 0.1) is 17.0 Å². The molecule has 3 heterocycles. The van der Waals surface area contributed by atoms with E-state index in [9.17, 15) is 48.4 Å². The van der Waals surface area contributed by atoms with Crippen LogP contribution >= 0.6 is 0 Å². The van der Waals surface area contributed by atoms with Crippen LogP contribution in [0.3, 0.4) is 0 Å². The molecule has 4 aromatic rings. The quantitative estimate of drug-likeness (QED) is 0.0272. The number of nitrogens with zero attached hydrogens (tertiary/aromatic N) is 7. The molecule has 1 aliphatic heterocycles. The van der Waals surface area contributed by atoms with E-state index in [1.54, 1.807) is 95.6 Å². The fourth-order valence-electron chi connectivity index (χ4n) is 10.1. The molecule has 0 aliphatic carbocycles. The van der Waals surface area contributed by atoms with Crippen molar-refractivity contribution in [2.45, 2.75) is 155 Å². The number of esters is 1. The van der Waals surface area contributed by atoms with Crippen molar-refractivity contribution in [3.05, 3.63) is 94.7 Å². The smallest absolute Gasteiger partial charge is 0.320 e. The number of carbonyl (C=O) groups excluding carboxylic acids is 9. The Bertz CT molecular complexity index is 3130. The molecule has 1 saturated heterocycles. The van der Waals surface area contributed by atoms with Gasteiger partial charge in [0.2, 0.25) is 47.3 Å². The van der Waals surface area contributed by atoms with Gasteiger partial charge >= 0.3 is 11.7 Å². The fraction of sp³-hybridized carbons (Fsp3) is 0.534. The molecule has 2 aromatic heterocycles. The molecule has 5 rings (SSSR count). The number of alkyl halides is 1. The lowest BCUT2D eigenvalue weighted by molar-refractivity contribution is -0.385. The number of likely N-dealkylation sites (N-methyl/N-ethyl adjacent to an activating group) is 2. The van der Waals surface area contributed by atoms with Gasteiger partial charge < -0.3 is 56.5 Å². The predicted molar refractivity (Wildman–Crippen MR) is 313 cm³/mol. The SMILES string of the molecule is C/C=C/C[C@@H]1NC(=O)[C@H](CC(C)C)NC(=O)[C@H](CC(C)C(=O)Nn2cnnc2)N(C)C(=O)[C@H](C)NC(=O)[C@H](Cc2ccc(O)c([N+](=O)[O-])c2)NC(=O)[C@H](CC(C)C)N(C)C(=O)[C@H](Cc2cn(C(C)(C)C(CF)OC(=O)CN)c3ccccc23)NC1=O. The third-order valence-electron chi connectivity index (χ3n) is 15.1. The highest BCUT2D eigenvalue weighted by atomic mass is 19.1. The number of phenolic OH excluding ortho intramolecular Hbond substituents is 1. The molecule has 86 heavy (non-hydrogen) atoms. The van der Waals surface area contributed by atoms with Crippen LogP contribution < -0.4 is 37.7 Å². The minimum Gasteiger partial charge on any atom is -0.502 e. The molecular formula is C58H81FN14O13. The fourth-order valence-corrected chi connectivity index (χ4v) is 10.1. The topological polar surface area (TPSA) is 367 Å². The summed E-state index contributed by atoms with van der Waals surface area (Å²) in [6, 6.07) is -0.150. The zero-order chi connectivity index (χ0) is 63.9. The summed E-state index contributed by atoms with van der Waals surface area (Å²) in [4.78, 5) is 144. The Morgan fingerprint density at radius 1 is 0.802 bits per heavy atom. The van der Waals surface area contributed by atoms with Gasteiger partial charge in [0.15, 0.2) is 11.9 Å². The van der Waals surface area contributed by atoms with Crippen molar-refractivity contribution in [1.82, 2.24) is 55.8 Å². The summed E-state index contributed by atoms with van der Waals surface area (Å²) in [6.45, 7) is 13.3. The Morgan fingerprint density at radius 3 is 1.98 bits per heavy atom. The van der Waals surface area contributed by atoms with Gasteiger partial charge in [0, 0.05) is 56.0 Å². The van der Waals surface area contributed by atoms with Crippen molar-refractivity contribution in [2.24, 2.45) is 23.5 Å². The molecule has 2 aromatic carbocycles. The van der Waals surface area contributed by atoms with E-state index < -0.39 is 149 Å². The van der Waals surface area contributed by atoms with E-state index in [1.807, 2.05) is 0 Å². The summed E-state index contributed by atoms with van der Waals surface area (Å²) >= 11 is 0. The van der Waals surface area contributed by atoms with E-state index in [0.717, 1.165) is 21.9 Å². The summed E-state index contributed by atoms with van der Waals surface area (Å²) in [5.74, 6) is -9.93. The van der Waals surface area contributed by atoms with E-state index in [-0.39, 0.29) is 49.5 Å². The Hall–Kier alpha value is -8.82. The molecule has 27 nitrogen and oxygen atoms in total. The number of aromatic hydroxyl groups is 1. The minimum atomic E-state index is -1.65. The molecular weight excluding hydrogens is 1120 g/mol. The molecule has 28 heteroatoms. The van der Waals surface area contributed by atoms with Crippen molar-refractivity contribution in [3.8, 4) is 5.75 Å². The molecule has 9 atom stereocenters. The number of hydrogen-bond donors (Lipinski definition) is 8. The van der Waals surface area contributed by atoms with Crippen LogP contribution in [-0.2, 0) is 66.3 Å². The number of hydrogen-bond acceptors (Lipinski definition) is 16. The van der Waals surface area contributed by atoms with Gasteiger partial charge in [0.1, 0.15) is 61.6 Å². The molecule has 8 amide bonds. The molecule has 1 fully saturated rings. The van der Waals surface area contributed by atoms with Crippen LogP contribution in [0.2, 0.25) is 0 Å². The highest BCUT2D eigenvalue weighted by Crippen LogP contribution is 2.33. The van der Waals surface area contributed by atoms with Crippen LogP contribution in [0, 0.1) is 27.9 Å². The number of amides is 8. The average Bonchev–Trinajstić information content (AvgIpc) is 3.94. The number of aromatic nitrogens is 4. The zero-order valence-corrected chi connectivity index (χ0v) is 50.4. The Kier molecular flexibility index (Phi) is 24.0. The standard InChI is InChI=1S/C58H81FN14O13/c1-12-13-17-39-51(77)67-42(26-37-29-72(43-18-15-14-16-38(37)43)58(8,9)48(27-59)86-49(75)28-60)57(83)70(11)45(22-33(4)5)54(80)66-41(24-36-19-20-47(74)44(25-36)73(84)85)52(78)63-35(7)56(82)69(10)46(23-34(6)50(76)68-71-30-61-62-31-71)55(81)65-40(21-32(2)3)53(79)64-39/h12-16,18-20,25,29-35,39-42,45-46,48,74H,17,21-24,26-28,60H2,1-11H3,(H,63,78)(H,64,79)(H,65,81)(H,66,80)(H,67,77)(H,68,76)/b13-12+/t34?,35-,39-,40-,41-,42-,45-,46-,48?/m0/s1. The number of phenols is 1. The highest BCUT2D eigenvalue weighted by molar-refractivity contribution is 5.99. The zero-order valence-electron chi connectivity index (χ0n) is 50.4. The van der Waals surface area contributed by atoms with Crippen LogP contribution in [0.1, 0.15) is 99.1 Å². The van der Waals surface area contributed by atoms with Gasteiger partial charge in [-0.15, -0.1) is 10.2 Å². The molecule has 2 unspecified atom stereocenters. The number of nitro benzene ring substituents is 1. The lowest BCUT2D eigenvalue weighted by atomic mass is 9.97. The van der Waals surface area contributed by atoms with Crippen LogP contribution in [0.4, 0.5) is 10.1 Å². The Balaban J connectivity index is 1.72. The third kappa shape index (κ3) is 17.4. The summed E-state index contributed by atoms with van der Waals surface area (Å²) in [6.07, 6.45) is 4.70. The van der Waals surface area contributed by atoms with Gasteiger partial charge in [0.25, 0.3) is 0 Å². The number of para-hydroxylation sites is 1. The summed E-state index contributed by atoms with van der Waals surface area (Å²) in [5.41, 5.74) is 7.15. The van der Waals surface area contributed by atoms with Gasteiger partial charge in [-0.3, -0.25) is 58.7 Å². The van der Waals surface area contributed by atoms with Crippen LogP contribution in [-0.4, -0.2) is 168 Å². The van der Waals surface area contributed by atoms with Crippen molar-refractivity contribution < 1.29 is 62.3 Å². The maximum atomic E-state index is 15.5. The van der Waals surface area contributed by atoms with Crippen molar-refractivity contribution in [2.75, 3.05) is 32.7 Å².